The highest BCUT2D eigenvalue weighted by molar-refractivity contribution is 7.07. The molecule has 0 saturated heterocycles. The highest BCUT2D eigenvalue weighted by atomic mass is 32.1. The van der Waals surface area contributed by atoms with E-state index in [2.05, 4.69) is 26.6 Å². The molecule has 0 aliphatic rings. The molecule has 3 aromatic heterocycles. The number of rotatable bonds is 6. The van der Waals surface area contributed by atoms with Gasteiger partial charge in [-0.05, 0) is 47.9 Å². The average molecular weight is 340 g/mol. The number of carbonyl (C=O) groups excluding carboxylic acids is 1. The zero-order chi connectivity index (χ0) is 16.9. The molecule has 0 radical (unpaired) electrons. The number of H-pyrrole nitrogens is 1. The van der Waals surface area contributed by atoms with Gasteiger partial charge >= 0.3 is 0 Å². The van der Waals surface area contributed by atoms with Crippen LogP contribution in [0.25, 0.3) is 0 Å². The SMILES string of the molecule is Cc1n[nH]c(C)c1CC(=O)N(Cc1cccnc1)Cc1ccsc1. The lowest BCUT2D eigenvalue weighted by Crippen LogP contribution is -2.31. The fraction of sp³-hybridized carbons (Fsp3) is 0.278. The van der Waals surface area contributed by atoms with Gasteiger partial charge in [-0.3, -0.25) is 14.9 Å². The van der Waals surface area contributed by atoms with Crippen molar-refractivity contribution < 1.29 is 4.79 Å². The van der Waals surface area contributed by atoms with Crippen LogP contribution >= 0.6 is 11.3 Å². The molecule has 0 saturated carbocycles. The second-order valence-electron chi connectivity index (χ2n) is 5.83. The smallest absolute Gasteiger partial charge is 0.227 e. The van der Waals surface area contributed by atoms with E-state index < -0.39 is 0 Å². The third-order valence-corrected chi connectivity index (χ3v) is 4.74. The van der Waals surface area contributed by atoms with Crippen LogP contribution in [0.4, 0.5) is 0 Å². The summed E-state index contributed by atoms with van der Waals surface area (Å²) in [5.74, 6) is 0.0950. The summed E-state index contributed by atoms with van der Waals surface area (Å²) < 4.78 is 0. The van der Waals surface area contributed by atoms with Crippen LogP contribution in [0.1, 0.15) is 28.1 Å². The predicted octanol–water partition coefficient (Wildman–Crippen LogP) is 3.25. The Bertz CT molecular complexity index is 776. The predicted molar refractivity (Wildman–Crippen MR) is 94.6 cm³/mol. The molecule has 24 heavy (non-hydrogen) atoms. The number of aryl methyl sites for hydroxylation is 2. The van der Waals surface area contributed by atoms with Crippen molar-refractivity contribution in [1.82, 2.24) is 20.1 Å². The Balaban J connectivity index is 1.79. The summed E-state index contributed by atoms with van der Waals surface area (Å²) in [6.45, 7) is 5.04. The lowest BCUT2D eigenvalue weighted by atomic mass is 10.1. The van der Waals surface area contributed by atoms with Gasteiger partial charge in [-0.2, -0.15) is 16.4 Å². The molecule has 5 nitrogen and oxygen atoms in total. The molecular weight excluding hydrogens is 320 g/mol. The lowest BCUT2D eigenvalue weighted by molar-refractivity contribution is -0.131. The van der Waals surface area contributed by atoms with Gasteiger partial charge in [0.15, 0.2) is 0 Å². The van der Waals surface area contributed by atoms with Crippen LogP contribution in [0, 0.1) is 13.8 Å². The molecule has 6 heteroatoms. The minimum atomic E-state index is 0.0950. The summed E-state index contributed by atoms with van der Waals surface area (Å²) in [7, 11) is 0. The van der Waals surface area contributed by atoms with Crippen molar-refractivity contribution in [2.45, 2.75) is 33.4 Å². The number of carbonyl (C=O) groups is 1. The average Bonchev–Trinajstić information content (AvgIpc) is 3.20. The van der Waals surface area contributed by atoms with E-state index >= 15 is 0 Å². The Morgan fingerprint density at radius 2 is 2.08 bits per heavy atom. The minimum Gasteiger partial charge on any atom is -0.334 e. The van der Waals surface area contributed by atoms with Crippen molar-refractivity contribution in [3.05, 3.63) is 69.4 Å². The molecule has 0 fully saturated rings. The Morgan fingerprint density at radius 1 is 1.25 bits per heavy atom. The van der Waals surface area contributed by atoms with Gasteiger partial charge < -0.3 is 4.90 Å². The zero-order valence-electron chi connectivity index (χ0n) is 13.8. The monoisotopic (exact) mass is 340 g/mol. The molecule has 0 aromatic carbocycles. The molecule has 1 N–H and O–H groups in total. The number of aromatic nitrogens is 3. The maximum Gasteiger partial charge on any atom is 0.227 e. The van der Waals surface area contributed by atoms with Crippen LogP contribution in [0.3, 0.4) is 0 Å². The van der Waals surface area contributed by atoms with Crippen LogP contribution in [-0.4, -0.2) is 26.0 Å². The molecule has 3 rings (SSSR count). The number of nitrogens with one attached hydrogen (secondary N) is 1. The Morgan fingerprint density at radius 3 is 2.71 bits per heavy atom. The molecule has 0 aliphatic heterocycles. The van der Waals surface area contributed by atoms with Crippen LogP contribution in [0.5, 0.6) is 0 Å². The number of hydrogen-bond donors (Lipinski definition) is 1. The van der Waals surface area contributed by atoms with E-state index in [4.69, 9.17) is 0 Å². The molecule has 0 unspecified atom stereocenters. The van der Waals surface area contributed by atoms with Crippen LogP contribution in [0.2, 0.25) is 0 Å². The van der Waals surface area contributed by atoms with E-state index in [0.717, 1.165) is 28.1 Å². The molecule has 0 aliphatic carbocycles. The van der Waals surface area contributed by atoms with Gasteiger partial charge in [0.25, 0.3) is 0 Å². The van der Waals surface area contributed by atoms with Crippen molar-refractivity contribution in [2.75, 3.05) is 0 Å². The second kappa shape index (κ2) is 7.40. The quantitative estimate of drug-likeness (QED) is 0.749. The Hall–Kier alpha value is -2.47. The summed E-state index contributed by atoms with van der Waals surface area (Å²) in [5, 5.41) is 11.2. The largest absolute Gasteiger partial charge is 0.334 e. The van der Waals surface area contributed by atoms with E-state index in [1.807, 2.05) is 42.5 Å². The number of amides is 1. The first-order chi connectivity index (χ1) is 11.6. The fourth-order valence-corrected chi connectivity index (χ4v) is 3.30. The van der Waals surface area contributed by atoms with E-state index in [1.165, 1.54) is 0 Å². The molecule has 0 spiro atoms. The topological polar surface area (TPSA) is 61.9 Å². The van der Waals surface area contributed by atoms with Gasteiger partial charge in [-0.15, -0.1) is 0 Å². The van der Waals surface area contributed by atoms with Crippen LogP contribution < -0.4 is 0 Å². The maximum absolute atomic E-state index is 12.9. The maximum atomic E-state index is 12.9. The second-order valence-corrected chi connectivity index (χ2v) is 6.61. The van der Waals surface area contributed by atoms with Crippen molar-refractivity contribution >= 4 is 17.2 Å². The first kappa shape index (κ1) is 16.4. The Kier molecular flexibility index (Phi) is 5.05. The first-order valence-corrected chi connectivity index (χ1v) is 8.76. The van der Waals surface area contributed by atoms with Crippen LogP contribution in [0.15, 0.2) is 41.4 Å². The summed E-state index contributed by atoms with van der Waals surface area (Å²) in [5.41, 5.74) is 5.01. The normalized spacial score (nSPS) is 10.8. The van der Waals surface area contributed by atoms with E-state index in [-0.39, 0.29) is 5.91 Å². The van der Waals surface area contributed by atoms with Crippen molar-refractivity contribution in [2.24, 2.45) is 0 Å². The zero-order valence-corrected chi connectivity index (χ0v) is 14.6. The van der Waals surface area contributed by atoms with Gasteiger partial charge in [-0.1, -0.05) is 6.07 Å². The fourth-order valence-electron chi connectivity index (χ4n) is 2.64. The number of nitrogens with zero attached hydrogens (tertiary/aromatic N) is 3. The van der Waals surface area contributed by atoms with Crippen LogP contribution in [-0.2, 0) is 24.3 Å². The molecule has 3 heterocycles. The number of hydrogen-bond acceptors (Lipinski definition) is 4. The van der Waals surface area contributed by atoms with Gasteiger partial charge in [0.05, 0.1) is 12.1 Å². The van der Waals surface area contributed by atoms with Gasteiger partial charge in [0, 0.05) is 36.7 Å². The van der Waals surface area contributed by atoms with Gasteiger partial charge in [0.1, 0.15) is 0 Å². The summed E-state index contributed by atoms with van der Waals surface area (Å²) in [4.78, 5) is 18.9. The van der Waals surface area contributed by atoms with Gasteiger partial charge in [-0.25, -0.2) is 0 Å². The van der Waals surface area contributed by atoms with Crippen molar-refractivity contribution in [3.8, 4) is 0 Å². The third-order valence-electron chi connectivity index (χ3n) is 4.01. The van der Waals surface area contributed by atoms with Crippen molar-refractivity contribution in [1.29, 1.82) is 0 Å². The molecule has 0 atom stereocenters. The third kappa shape index (κ3) is 3.89. The first-order valence-electron chi connectivity index (χ1n) is 7.81. The standard InChI is InChI=1S/C18H20N4OS/c1-13-17(14(2)21-20-13)8-18(23)22(11-16-5-7-24-12-16)10-15-4-3-6-19-9-15/h3-7,9,12H,8,10-11H2,1-2H3,(H,20,21). The van der Waals surface area contributed by atoms with E-state index in [0.29, 0.717) is 19.5 Å². The minimum absolute atomic E-state index is 0.0950. The van der Waals surface area contributed by atoms with Gasteiger partial charge in [0.2, 0.25) is 5.91 Å². The molecule has 3 aromatic rings. The van der Waals surface area contributed by atoms with Crippen molar-refractivity contribution in [3.63, 3.8) is 0 Å². The Labute approximate surface area is 145 Å². The molecule has 1 amide bonds. The highest BCUT2D eigenvalue weighted by Gasteiger charge is 2.18. The summed E-state index contributed by atoms with van der Waals surface area (Å²) >= 11 is 1.64. The summed E-state index contributed by atoms with van der Waals surface area (Å²) in [6, 6.07) is 5.95. The summed E-state index contributed by atoms with van der Waals surface area (Å²) in [6.07, 6.45) is 3.91. The number of aromatic amines is 1. The lowest BCUT2D eigenvalue weighted by Gasteiger charge is -2.22. The van der Waals surface area contributed by atoms with E-state index in [1.54, 1.807) is 17.5 Å². The highest BCUT2D eigenvalue weighted by Crippen LogP contribution is 2.16. The molecule has 124 valence electrons. The molecular formula is C18H20N4OS. The number of thiophene rings is 1. The number of pyridine rings is 1. The van der Waals surface area contributed by atoms with E-state index in [9.17, 15) is 4.79 Å². The molecule has 0 bridgehead atoms.